The number of halogens is 1. The Hall–Kier alpha value is -3.92. The van der Waals surface area contributed by atoms with Crippen LogP contribution >= 0.6 is 15.9 Å². The number of carbonyl (C=O) groups is 3. The first kappa shape index (κ1) is 27.6. The van der Waals surface area contributed by atoms with Crippen molar-refractivity contribution in [2.45, 2.75) is 50.8 Å². The van der Waals surface area contributed by atoms with Crippen molar-refractivity contribution in [3.05, 3.63) is 82.5 Å². The van der Waals surface area contributed by atoms with E-state index in [0.29, 0.717) is 10.4 Å². The molecule has 2 aromatic carbocycles. The number of amides is 3. The van der Waals surface area contributed by atoms with Crippen LogP contribution in [-0.2, 0) is 14.3 Å². The Labute approximate surface area is 241 Å². The SMILES string of the molecule is CC(C)(C)OC(=O)N1C[C@H](NC(=O)OCC2c3ccccc3-c3ccccc32)C[C@H]1C(=O)Nc1cccc(Br)n1. The number of alkyl carbamates (subject to hydrolysis) is 1. The van der Waals surface area contributed by atoms with Crippen LogP contribution in [0.2, 0.25) is 0 Å². The molecule has 0 saturated carbocycles. The summed E-state index contributed by atoms with van der Waals surface area (Å²) in [5.74, 6) is -0.152. The minimum atomic E-state index is -0.866. The van der Waals surface area contributed by atoms with Crippen LogP contribution in [0.1, 0.15) is 44.2 Å². The van der Waals surface area contributed by atoms with E-state index in [1.54, 1.807) is 39.0 Å². The van der Waals surface area contributed by atoms with Crippen LogP contribution in [-0.4, -0.2) is 58.8 Å². The molecule has 3 aromatic rings. The number of hydrogen-bond acceptors (Lipinski definition) is 6. The monoisotopic (exact) mass is 606 g/mol. The van der Waals surface area contributed by atoms with E-state index >= 15 is 0 Å². The fourth-order valence-corrected chi connectivity index (χ4v) is 5.55. The van der Waals surface area contributed by atoms with Crippen molar-refractivity contribution in [3.63, 3.8) is 0 Å². The molecule has 1 aliphatic heterocycles. The molecule has 1 aromatic heterocycles. The number of nitrogens with one attached hydrogen (secondary N) is 2. The number of pyridine rings is 1. The molecule has 0 spiro atoms. The lowest BCUT2D eigenvalue weighted by atomic mass is 9.98. The molecule has 0 bridgehead atoms. The summed E-state index contributed by atoms with van der Waals surface area (Å²) in [4.78, 5) is 44.7. The molecule has 5 rings (SSSR count). The number of anilines is 1. The van der Waals surface area contributed by atoms with Crippen LogP contribution < -0.4 is 10.6 Å². The zero-order valence-corrected chi connectivity index (χ0v) is 24.1. The van der Waals surface area contributed by atoms with E-state index in [1.165, 1.54) is 4.90 Å². The maximum atomic E-state index is 13.2. The Morgan fingerprint density at radius 2 is 1.62 bits per heavy atom. The molecule has 9 nitrogen and oxygen atoms in total. The highest BCUT2D eigenvalue weighted by molar-refractivity contribution is 9.10. The number of rotatable bonds is 5. The minimum Gasteiger partial charge on any atom is -0.449 e. The molecule has 1 aliphatic carbocycles. The van der Waals surface area contributed by atoms with Crippen LogP contribution in [0.15, 0.2) is 71.3 Å². The number of likely N-dealkylation sites (tertiary alicyclic amines) is 1. The fourth-order valence-electron chi connectivity index (χ4n) is 5.21. The van der Waals surface area contributed by atoms with Crippen molar-refractivity contribution in [1.29, 1.82) is 0 Å². The van der Waals surface area contributed by atoms with Crippen LogP contribution in [0.25, 0.3) is 11.1 Å². The molecular formula is C30H31BrN4O5. The second-order valence-electron chi connectivity index (χ2n) is 10.9. The zero-order valence-electron chi connectivity index (χ0n) is 22.5. The third-order valence-electron chi connectivity index (χ3n) is 6.86. The van der Waals surface area contributed by atoms with Crippen molar-refractivity contribution in [2.24, 2.45) is 0 Å². The molecular weight excluding hydrogens is 576 g/mol. The molecule has 2 N–H and O–H groups in total. The Kier molecular flexibility index (Phi) is 7.80. The van der Waals surface area contributed by atoms with Crippen LogP contribution in [0.3, 0.4) is 0 Å². The third-order valence-corrected chi connectivity index (χ3v) is 7.31. The van der Waals surface area contributed by atoms with Crippen molar-refractivity contribution in [1.82, 2.24) is 15.2 Å². The van der Waals surface area contributed by atoms with Gasteiger partial charge in [0.25, 0.3) is 0 Å². The summed E-state index contributed by atoms with van der Waals surface area (Å²) < 4.78 is 11.8. The Balaban J connectivity index is 1.25. The lowest BCUT2D eigenvalue weighted by molar-refractivity contribution is -0.120. The third kappa shape index (κ3) is 6.12. The number of hydrogen-bond donors (Lipinski definition) is 2. The van der Waals surface area contributed by atoms with Gasteiger partial charge in [-0.1, -0.05) is 54.6 Å². The molecule has 1 saturated heterocycles. The van der Waals surface area contributed by atoms with Gasteiger partial charge in [0.05, 0.1) is 6.04 Å². The average Bonchev–Trinajstić information content (AvgIpc) is 3.46. The van der Waals surface area contributed by atoms with Gasteiger partial charge in [-0.3, -0.25) is 9.69 Å². The number of carbonyl (C=O) groups excluding carboxylic acids is 3. The smallest absolute Gasteiger partial charge is 0.411 e. The van der Waals surface area contributed by atoms with Crippen molar-refractivity contribution >= 4 is 39.8 Å². The average molecular weight is 608 g/mol. The van der Waals surface area contributed by atoms with E-state index in [9.17, 15) is 14.4 Å². The predicted molar refractivity (Wildman–Crippen MR) is 154 cm³/mol. The largest absolute Gasteiger partial charge is 0.449 e. The van der Waals surface area contributed by atoms with Crippen molar-refractivity contribution < 1.29 is 23.9 Å². The number of nitrogens with zero attached hydrogens (tertiary/aromatic N) is 2. The topological polar surface area (TPSA) is 110 Å². The first-order valence-corrected chi connectivity index (χ1v) is 13.9. The van der Waals surface area contributed by atoms with Crippen molar-refractivity contribution in [2.75, 3.05) is 18.5 Å². The minimum absolute atomic E-state index is 0.0730. The first-order valence-electron chi connectivity index (χ1n) is 13.1. The molecule has 0 radical (unpaired) electrons. The van der Waals surface area contributed by atoms with Gasteiger partial charge in [-0.2, -0.15) is 0 Å². The van der Waals surface area contributed by atoms with Crippen LogP contribution in [0.4, 0.5) is 15.4 Å². The second kappa shape index (κ2) is 11.3. The molecule has 208 valence electrons. The Bertz CT molecular complexity index is 1390. The number of ether oxygens (including phenoxy) is 2. The molecule has 2 heterocycles. The van der Waals surface area contributed by atoms with Gasteiger partial charge in [-0.05, 0) is 77.5 Å². The Morgan fingerprint density at radius 3 is 2.25 bits per heavy atom. The second-order valence-corrected chi connectivity index (χ2v) is 11.7. The standard InChI is InChI=1S/C30H31BrN4O5/c1-30(2,3)40-29(38)35-16-18(15-24(35)27(36)34-26-14-8-13-25(31)33-26)32-28(37)39-17-23-21-11-6-4-9-19(21)20-10-5-7-12-22(20)23/h4-14,18,23-24H,15-17H2,1-3H3,(H,32,37)(H,33,34,36)/t18-,24+/m1/s1. The van der Waals surface area contributed by atoms with E-state index in [0.717, 1.165) is 22.3 Å². The lowest BCUT2D eigenvalue weighted by Crippen LogP contribution is -2.45. The van der Waals surface area contributed by atoms with Gasteiger partial charge in [-0.15, -0.1) is 0 Å². The molecule has 10 heteroatoms. The normalized spacial score (nSPS) is 18.1. The maximum Gasteiger partial charge on any atom is 0.411 e. The molecule has 2 atom stereocenters. The van der Waals surface area contributed by atoms with E-state index in [1.807, 2.05) is 24.3 Å². The van der Waals surface area contributed by atoms with E-state index < -0.39 is 35.8 Å². The summed E-state index contributed by atoms with van der Waals surface area (Å²) in [7, 11) is 0. The highest BCUT2D eigenvalue weighted by atomic mass is 79.9. The van der Waals surface area contributed by atoms with Crippen molar-refractivity contribution in [3.8, 4) is 11.1 Å². The summed E-state index contributed by atoms with van der Waals surface area (Å²) in [6.07, 6.45) is -1.04. The van der Waals surface area contributed by atoms with Crippen LogP contribution in [0, 0.1) is 0 Å². The van der Waals surface area contributed by atoms with E-state index in [2.05, 4.69) is 55.8 Å². The summed E-state index contributed by atoms with van der Waals surface area (Å²) in [6, 6.07) is 20.0. The molecule has 3 amide bonds. The van der Waals surface area contributed by atoms with Gasteiger partial charge in [-0.25, -0.2) is 14.6 Å². The van der Waals surface area contributed by atoms with E-state index in [4.69, 9.17) is 9.47 Å². The molecule has 2 aliphatic rings. The number of fused-ring (bicyclic) bond motifs is 3. The summed E-state index contributed by atoms with van der Waals surface area (Å²) in [6.45, 7) is 5.54. The molecule has 40 heavy (non-hydrogen) atoms. The van der Waals surface area contributed by atoms with Gasteiger partial charge in [0, 0.05) is 12.5 Å². The van der Waals surface area contributed by atoms with Gasteiger partial charge >= 0.3 is 12.2 Å². The zero-order chi connectivity index (χ0) is 28.4. The summed E-state index contributed by atoms with van der Waals surface area (Å²) in [5.41, 5.74) is 3.77. The van der Waals surface area contributed by atoms with E-state index in [-0.39, 0.29) is 25.5 Å². The summed E-state index contributed by atoms with van der Waals surface area (Å²) >= 11 is 3.29. The molecule has 1 fully saturated rings. The predicted octanol–water partition coefficient (Wildman–Crippen LogP) is 5.70. The Morgan fingerprint density at radius 1 is 0.975 bits per heavy atom. The number of benzene rings is 2. The van der Waals surface area contributed by atoms with Gasteiger partial charge in [0.2, 0.25) is 5.91 Å². The highest BCUT2D eigenvalue weighted by Gasteiger charge is 2.42. The maximum absolute atomic E-state index is 13.2. The van der Waals surface area contributed by atoms with Gasteiger partial charge in [0.15, 0.2) is 0 Å². The van der Waals surface area contributed by atoms with Crippen LogP contribution in [0.5, 0.6) is 0 Å². The van der Waals surface area contributed by atoms with Gasteiger partial charge in [0.1, 0.15) is 28.7 Å². The van der Waals surface area contributed by atoms with Gasteiger partial charge < -0.3 is 20.1 Å². The molecule has 0 unspecified atom stereocenters. The first-order chi connectivity index (χ1) is 19.1. The lowest BCUT2D eigenvalue weighted by Gasteiger charge is -2.27. The fraction of sp³-hybridized carbons (Fsp3) is 0.333. The highest BCUT2D eigenvalue weighted by Crippen LogP contribution is 2.44. The summed E-state index contributed by atoms with van der Waals surface area (Å²) in [5, 5.41) is 5.60. The quantitative estimate of drug-likeness (QED) is 0.361. The number of aromatic nitrogens is 1.